The number of para-hydroxylation sites is 1. The summed E-state index contributed by atoms with van der Waals surface area (Å²) in [4.78, 5) is 13.9. The predicted octanol–water partition coefficient (Wildman–Crippen LogP) is 1.40. The number of ether oxygens (including phenoxy) is 1. The van der Waals surface area contributed by atoms with Crippen LogP contribution in [0.1, 0.15) is 23.7 Å². The molecule has 1 aromatic rings. The molecule has 0 unspecified atom stereocenters. The number of carbonyl (C=O) groups is 1. The molecule has 1 amide bonds. The summed E-state index contributed by atoms with van der Waals surface area (Å²) < 4.78 is 18.9. The van der Waals surface area contributed by atoms with Gasteiger partial charge >= 0.3 is 0 Å². The molecular formula is C13H17FN2O2. The van der Waals surface area contributed by atoms with Crippen molar-refractivity contribution in [3.63, 3.8) is 0 Å². The molecule has 0 aliphatic carbocycles. The molecule has 1 heterocycles. The highest BCUT2D eigenvalue weighted by Crippen LogP contribution is 2.25. The van der Waals surface area contributed by atoms with Gasteiger partial charge in [-0.25, -0.2) is 4.39 Å². The summed E-state index contributed by atoms with van der Waals surface area (Å²) in [7, 11) is 0. The number of rotatable bonds is 3. The minimum atomic E-state index is -0.508. The van der Waals surface area contributed by atoms with Crippen molar-refractivity contribution in [2.24, 2.45) is 5.73 Å². The fourth-order valence-electron chi connectivity index (χ4n) is 2.11. The lowest BCUT2D eigenvalue weighted by atomic mass is 10.1. The van der Waals surface area contributed by atoms with Crippen LogP contribution in [-0.2, 0) is 0 Å². The van der Waals surface area contributed by atoms with Gasteiger partial charge in [0.25, 0.3) is 5.91 Å². The number of nitrogens with two attached hydrogens (primary N) is 1. The van der Waals surface area contributed by atoms with Crippen LogP contribution in [0.5, 0.6) is 5.75 Å². The Morgan fingerprint density at radius 3 is 3.00 bits per heavy atom. The molecule has 0 saturated carbocycles. The SMILES string of the molecule is CCOc1c(F)cccc1C(=O)N1CC[C@@H](N)C1. The van der Waals surface area contributed by atoms with Gasteiger partial charge in [0, 0.05) is 19.1 Å². The Balaban J connectivity index is 2.27. The summed E-state index contributed by atoms with van der Waals surface area (Å²) in [6.45, 7) is 3.20. The van der Waals surface area contributed by atoms with E-state index < -0.39 is 5.82 Å². The first-order valence-electron chi connectivity index (χ1n) is 6.09. The fourth-order valence-corrected chi connectivity index (χ4v) is 2.11. The van der Waals surface area contributed by atoms with Crippen molar-refractivity contribution in [1.82, 2.24) is 4.90 Å². The van der Waals surface area contributed by atoms with Gasteiger partial charge in [-0.1, -0.05) is 6.07 Å². The van der Waals surface area contributed by atoms with Gasteiger partial charge in [0.05, 0.1) is 12.2 Å². The number of carbonyl (C=O) groups excluding carboxylic acids is 1. The number of halogens is 1. The molecule has 98 valence electrons. The third-order valence-electron chi connectivity index (χ3n) is 3.00. The molecule has 1 aromatic carbocycles. The van der Waals surface area contributed by atoms with Gasteiger partial charge in [0.2, 0.25) is 0 Å². The van der Waals surface area contributed by atoms with E-state index in [2.05, 4.69) is 0 Å². The van der Waals surface area contributed by atoms with E-state index in [1.807, 2.05) is 0 Å². The standard InChI is InChI=1S/C13H17FN2O2/c1-2-18-12-10(4-3-5-11(12)14)13(17)16-7-6-9(15)8-16/h3-5,9H,2,6-8,15H2,1H3/t9-/m1/s1. The van der Waals surface area contributed by atoms with Crippen LogP contribution < -0.4 is 10.5 Å². The minimum absolute atomic E-state index is 0.0121. The minimum Gasteiger partial charge on any atom is -0.490 e. The van der Waals surface area contributed by atoms with E-state index in [-0.39, 0.29) is 23.3 Å². The number of benzene rings is 1. The molecule has 1 aliphatic heterocycles. The second kappa shape index (κ2) is 5.35. The summed E-state index contributed by atoms with van der Waals surface area (Å²) in [5.74, 6) is -0.692. The van der Waals surface area contributed by atoms with Gasteiger partial charge in [-0.3, -0.25) is 4.79 Å². The van der Waals surface area contributed by atoms with Crippen molar-refractivity contribution in [1.29, 1.82) is 0 Å². The van der Waals surface area contributed by atoms with Crippen molar-refractivity contribution in [2.45, 2.75) is 19.4 Å². The molecule has 2 N–H and O–H groups in total. The first-order chi connectivity index (χ1) is 8.63. The normalized spacial score (nSPS) is 19.1. The maximum absolute atomic E-state index is 13.6. The average Bonchev–Trinajstić information content (AvgIpc) is 2.78. The second-order valence-corrected chi connectivity index (χ2v) is 4.35. The van der Waals surface area contributed by atoms with Crippen molar-refractivity contribution >= 4 is 5.91 Å². The number of amides is 1. The van der Waals surface area contributed by atoms with Crippen LogP contribution in [0.15, 0.2) is 18.2 Å². The monoisotopic (exact) mass is 252 g/mol. The maximum Gasteiger partial charge on any atom is 0.257 e. The van der Waals surface area contributed by atoms with E-state index in [1.165, 1.54) is 12.1 Å². The van der Waals surface area contributed by atoms with Crippen LogP contribution in [0.25, 0.3) is 0 Å². The molecular weight excluding hydrogens is 235 g/mol. The molecule has 18 heavy (non-hydrogen) atoms. The topological polar surface area (TPSA) is 55.6 Å². The van der Waals surface area contributed by atoms with Crippen LogP contribution in [0.3, 0.4) is 0 Å². The lowest BCUT2D eigenvalue weighted by Crippen LogP contribution is -2.32. The Labute approximate surface area is 106 Å². The summed E-state index contributed by atoms with van der Waals surface area (Å²) in [5, 5.41) is 0. The van der Waals surface area contributed by atoms with Crippen LogP contribution in [-0.4, -0.2) is 36.5 Å². The molecule has 0 aromatic heterocycles. The van der Waals surface area contributed by atoms with Crippen molar-refractivity contribution in [3.05, 3.63) is 29.6 Å². The molecule has 0 bridgehead atoms. The molecule has 2 rings (SSSR count). The van der Waals surface area contributed by atoms with Gasteiger partial charge in [0.15, 0.2) is 11.6 Å². The van der Waals surface area contributed by atoms with E-state index in [4.69, 9.17) is 10.5 Å². The number of hydrogen-bond acceptors (Lipinski definition) is 3. The van der Waals surface area contributed by atoms with E-state index >= 15 is 0 Å². The van der Waals surface area contributed by atoms with Crippen molar-refractivity contribution in [2.75, 3.05) is 19.7 Å². The van der Waals surface area contributed by atoms with Gasteiger partial charge in [-0.15, -0.1) is 0 Å². The Bertz CT molecular complexity index is 451. The van der Waals surface area contributed by atoms with Crippen LogP contribution in [0, 0.1) is 5.82 Å². The number of nitrogens with zero attached hydrogens (tertiary/aromatic N) is 1. The summed E-state index contributed by atoms with van der Waals surface area (Å²) >= 11 is 0. The smallest absolute Gasteiger partial charge is 0.257 e. The highest BCUT2D eigenvalue weighted by molar-refractivity contribution is 5.97. The number of likely N-dealkylation sites (tertiary alicyclic amines) is 1. The summed E-state index contributed by atoms with van der Waals surface area (Å²) in [6, 6.07) is 4.40. The molecule has 1 aliphatic rings. The van der Waals surface area contributed by atoms with Gasteiger partial charge in [-0.05, 0) is 25.5 Å². The molecule has 1 atom stereocenters. The zero-order chi connectivity index (χ0) is 13.1. The van der Waals surface area contributed by atoms with Gasteiger partial charge < -0.3 is 15.4 Å². The van der Waals surface area contributed by atoms with Crippen LogP contribution >= 0.6 is 0 Å². The maximum atomic E-state index is 13.6. The third-order valence-corrected chi connectivity index (χ3v) is 3.00. The zero-order valence-electron chi connectivity index (χ0n) is 10.4. The largest absolute Gasteiger partial charge is 0.490 e. The third kappa shape index (κ3) is 2.46. The average molecular weight is 252 g/mol. The van der Waals surface area contributed by atoms with Crippen molar-refractivity contribution < 1.29 is 13.9 Å². The molecule has 1 saturated heterocycles. The Morgan fingerprint density at radius 1 is 1.61 bits per heavy atom. The van der Waals surface area contributed by atoms with E-state index in [0.717, 1.165) is 6.42 Å². The lowest BCUT2D eigenvalue weighted by molar-refractivity contribution is 0.0785. The zero-order valence-corrected chi connectivity index (χ0v) is 10.4. The number of hydrogen-bond donors (Lipinski definition) is 1. The molecule has 1 fully saturated rings. The van der Waals surface area contributed by atoms with Gasteiger partial charge in [0.1, 0.15) is 0 Å². The molecule has 4 nitrogen and oxygen atoms in total. The van der Waals surface area contributed by atoms with E-state index in [9.17, 15) is 9.18 Å². The first kappa shape index (κ1) is 12.8. The summed E-state index contributed by atoms with van der Waals surface area (Å²) in [5.41, 5.74) is 6.04. The Kier molecular flexibility index (Phi) is 3.81. The van der Waals surface area contributed by atoms with Crippen molar-refractivity contribution in [3.8, 4) is 5.75 Å². The molecule has 0 radical (unpaired) electrons. The molecule has 5 heteroatoms. The lowest BCUT2D eigenvalue weighted by Gasteiger charge is -2.18. The fraction of sp³-hybridized carbons (Fsp3) is 0.462. The Hall–Kier alpha value is -1.62. The van der Waals surface area contributed by atoms with E-state index in [1.54, 1.807) is 17.9 Å². The quantitative estimate of drug-likeness (QED) is 0.884. The van der Waals surface area contributed by atoms with Gasteiger partial charge in [-0.2, -0.15) is 0 Å². The van der Waals surface area contributed by atoms with Crippen LogP contribution in [0.2, 0.25) is 0 Å². The highest BCUT2D eigenvalue weighted by atomic mass is 19.1. The predicted molar refractivity (Wildman–Crippen MR) is 66.1 cm³/mol. The second-order valence-electron chi connectivity index (χ2n) is 4.35. The first-order valence-corrected chi connectivity index (χ1v) is 6.09. The molecule has 0 spiro atoms. The Morgan fingerprint density at radius 2 is 2.39 bits per heavy atom. The van der Waals surface area contributed by atoms with E-state index in [0.29, 0.717) is 19.7 Å². The van der Waals surface area contributed by atoms with Crippen LogP contribution in [0.4, 0.5) is 4.39 Å². The summed E-state index contributed by atoms with van der Waals surface area (Å²) in [6.07, 6.45) is 0.783. The highest BCUT2D eigenvalue weighted by Gasteiger charge is 2.27.